The summed E-state index contributed by atoms with van der Waals surface area (Å²) in [6, 6.07) is 12.0. The van der Waals surface area contributed by atoms with Crippen molar-refractivity contribution in [1.29, 1.82) is 0 Å². The van der Waals surface area contributed by atoms with E-state index in [9.17, 15) is 13.2 Å². The largest absolute Gasteiger partial charge is 0.497 e. The Morgan fingerprint density at radius 1 is 0.735 bits per heavy atom. The number of thioether (sulfide) groups is 1. The lowest BCUT2D eigenvalue weighted by Crippen LogP contribution is -2.12. The van der Waals surface area contributed by atoms with E-state index in [4.69, 9.17) is 46.2 Å². The molecule has 5 rings (SSSR count). The molecule has 0 atom stereocenters. The SMILES string of the molecule is COc1ccc(S(=O)(=O)Oc2nnc(SCCCOc3c(-c4cc(OC)c(OC)c(OC)c4)oc4cc(OC)cc(OC)c4c3=O)o2)cc1. The summed E-state index contributed by atoms with van der Waals surface area (Å²) < 4.78 is 80.2. The summed E-state index contributed by atoms with van der Waals surface area (Å²) in [5.74, 6) is 2.60. The number of ether oxygens (including phenoxy) is 7. The summed E-state index contributed by atoms with van der Waals surface area (Å²) in [6.45, 7) is 0.0719. The molecule has 0 unspecified atom stereocenters. The second-order valence-corrected chi connectivity index (χ2v) is 12.4. The fourth-order valence-electron chi connectivity index (χ4n) is 4.62. The van der Waals surface area contributed by atoms with Crippen molar-refractivity contribution in [3.8, 4) is 57.6 Å². The Hall–Kier alpha value is -5.29. The molecule has 3 aromatic carbocycles. The molecular formula is C32H32N2O13S2. The molecule has 0 aliphatic carbocycles. The predicted octanol–water partition coefficient (Wildman–Crippen LogP) is 5.22. The van der Waals surface area contributed by atoms with Gasteiger partial charge in [0, 0.05) is 23.4 Å². The highest BCUT2D eigenvalue weighted by Crippen LogP contribution is 2.44. The number of hydrogen-bond acceptors (Lipinski definition) is 16. The van der Waals surface area contributed by atoms with Gasteiger partial charge in [-0.2, -0.15) is 8.42 Å². The van der Waals surface area contributed by atoms with Crippen molar-refractivity contribution in [2.45, 2.75) is 16.5 Å². The van der Waals surface area contributed by atoms with E-state index in [0.717, 1.165) is 11.8 Å². The maximum atomic E-state index is 14.0. The molecule has 5 aromatic rings. The Morgan fingerprint density at radius 2 is 1.41 bits per heavy atom. The van der Waals surface area contributed by atoms with Gasteiger partial charge in [0.05, 0.1) is 49.3 Å². The van der Waals surface area contributed by atoms with Gasteiger partial charge in [0.1, 0.15) is 33.1 Å². The number of benzene rings is 3. The molecule has 0 saturated heterocycles. The van der Waals surface area contributed by atoms with Crippen LogP contribution in [0, 0.1) is 0 Å². The van der Waals surface area contributed by atoms with Gasteiger partial charge in [-0.15, -0.1) is 0 Å². The van der Waals surface area contributed by atoms with E-state index in [1.54, 1.807) is 24.3 Å². The van der Waals surface area contributed by atoms with Gasteiger partial charge in [-0.1, -0.05) is 22.0 Å². The van der Waals surface area contributed by atoms with Crippen LogP contribution in [-0.4, -0.2) is 73.6 Å². The van der Waals surface area contributed by atoms with Crippen LogP contribution < -0.4 is 42.8 Å². The number of hydrogen-bond donors (Lipinski definition) is 0. The quantitative estimate of drug-likeness (QED) is 0.0736. The Balaban J connectivity index is 1.35. The van der Waals surface area contributed by atoms with Crippen LogP contribution in [0.1, 0.15) is 6.42 Å². The zero-order chi connectivity index (χ0) is 35.1. The molecule has 2 heterocycles. The molecular weight excluding hydrogens is 684 g/mol. The lowest BCUT2D eigenvalue weighted by atomic mass is 10.1. The van der Waals surface area contributed by atoms with E-state index in [-0.39, 0.29) is 45.0 Å². The van der Waals surface area contributed by atoms with Crippen molar-refractivity contribution in [2.24, 2.45) is 0 Å². The molecule has 2 aromatic heterocycles. The Bertz CT molecular complexity index is 2070. The topological polar surface area (TPSA) is 177 Å². The van der Waals surface area contributed by atoms with Crippen molar-refractivity contribution in [2.75, 3.05) is 55.0 Å². The first kappa shape index (κ1) is 35.0. The third kappa shape index (κ3) is 7.57. The second kappa shape index (κ2) is 15.3. The number of nitrogens with zero attached hydrogens (tertiary/aromatic N) is 2. The van der Waals surface area contributed by atoms with Crippen LogP contribution in [-0.2, 0) is 10.1 Å². The molecule has 0 amide bonds. The number of aromatic nitrogens is 2. The summed E-state index contributed by atoms with van der Waals surface area (Å²) in [6.07, 6.45) is -0.136. The lowest BCUT2D eigenvalue weighted by molar-refractivity contribution is 0.308. The minimum Gasteiger partial charge on any atom is -0.497 e. The summed E-state index contributed by atoms with van der Waals surface area (Å²) in [5.41, 5.74) is 0.146. The highest BCUT2D eigenvalue weighted by molar-refractivity contribution is 7.99. The highest BCUT2D eigenvalue weighted by atomic mass is 32.2. The minimum atomic E-state index is -4.21. The molecule has 0 radical (unpaired) electrons. The van der Waals surface area contributed by atoms with E-state index in [0.29, 0.717) is 46.5 Å². The standard InChI is InChI=1S/C32H32N2O13S2/c1-38-19-8-10-21(11-9-19)49(36,37)47-31-33-34-32(46-31)48-13-7-12-44-30-27(35)26-22(40-3)16-20(39-2)17-23(26)45-28(30)18-14-24(41-4)29(43-6)25(15-18)42-5/h8-11,14-17H,7,12-13H2,1-6H3. The average Bonchev–Trinajstić information content (AvgIpc) is 3.56. The first-order valence-corrected chi connectivity index (χ1v) is 16.8. The monoisotopic (exact) mass is 716 g/mol. The fourth-order valence-corrected chi connectivity index (χ4v) is 6.11. The van der Waals surface area contributed by atoms with Gasteiger partial charge in [0.15, 0.2) is 17.3 Å². The van der Waals surface area contributed by atoms with Crippen LogP contribution in [0.2, 0.25) is 0 Å². The van der Waals surface area contributed by atoms with E-state index in [1.165, 1.54) is 66.9 Å². The molecule has 49 heavy (non-hydrogen) atoms. The average molecular weight is 717 g/mol. The minimum absolute atomic E-state index is 0.0712. The number of rotatable bonds is 16. The smallest absolute Gasteiger partial charge is 0.431 e. The third-order valence-corrected chi connectivity index (χ3v) is 9.07. The van der Waals surface area contributed by atoms with Crippen LogP contribution in [0.4, 0.5) is 0 Å². The molecule has 0 aliphatic heterocycles. The summed E-state index contributed by atoms with van der Waals surface area (Å²) >= 11 is 1.14. The summed E-state index contributed by atoms with van der Waals surface area (Å²) in [5, 5.41) is 7.73. The molecule has 0 bridgehead atoms. The highest BCUT2D eigenvalue weighted by Gasteiger charge is 2.25. The maximum Gasteiger partial charge on any atom is 0.431 e. The third-order valence-electron chi connectivity index (χ3n) is 6.95. The molecule has 0 N–H and O–H groups in total. The van der Waals surface area contributed by atoms with Crippen LogP contribution in [0.25, 0.3) is 22.3 Å². The fraction of sp³-hybridized carbons (Fsp3) is 0.281. The normalized spacial score (nSPS) is 11.2. The molecule has 17 heteroatoms. The Labute approximate surface area is 285 Å². The van der Waals surface area contributed by atoms with Crippen molar-refractivity contribution < 1.29 is 54.6 Å². The van der Waals surface area contributed by atoms with Crippen LogP contribution in [0.15, 0.2) is 72.3 Å². The zero-order valence-electron chi connectivity index (χ0n) is 27.3. The van der Waals surface area contributed by atoms with Crippen molar-refractivity contribution in [3.63, 3.8) is 0 Å². The van der Waals surface area contributed by atoms with E-state index in [1.807, 2.05) is 0 Å². The summed E-state index contributed by atoms with van der Waals surface area (Å²) in [7, 11) is 4.60. The second-order valence-electron chi connectivity index (χ2n) is 9.80. The number of methoxy groups -OCH3 is 6. The molecule has 0 saturated carbocycles. The van der Waals surface area contributed by atoms with E-state index >= 15 is 0 Å². The van der Waals surface area contributed by atoms with Crippen LogP contribution >= 0.6 is 11.8 Å². The van der Waals surface area contributed by atoms with Crippen LogP contribution in [0.5, 0.6) is 46.3 Å². The summed E-state index contributed by atoms with van der Waals surface area (Å²) in [4.78, 5) is 13.9. The molecule has 260 valence electrons. The van der Waals surface area contributed by atoms with Gasteiger partial charge in [-0.3, -0.25) is 4.79 Å². The van der Waals surface area contributed by atoms with E-state index in [2.05, 4.69) is 10.2 Å². The molecule has 15 nitrogen and oxygen atoms in total. The molecule has 0 fully saturated rings. The zero-order valence-corrected chi connectivity index (χ0v) is 28.9. The number of fused-ring (bicyclic) bond motifs is 1. The lowest BCUT2D eigenvalue weighted by Gasteiger charge is -2.16. The van der Waals surface area contributed by atoms with Gasteiger partial charge >= 0.3 is 16.2 Å². The maximum absolute atomic E-state index is 14.0. The van der Waals surface area contributed by atoms with Gasteiger partial charge in [-0.05, 0) is 42.8 Å². The predicted molar refractivity (Wildman–Crippen MR) is 177 cm³/mol. The van der Waals surface area contributed by atoms with Gasteiger partial charge in [-0.25, -0.2) is 0 Å². The van der Waals surface area contributed by atoms with Crippen molar-refractivity contribution in [1.82, 2.24) is 10.2 Å². The van der Waals surface area contributed by atoms with E-state index < -0.39 is 21.6 Å². The molecule has 0 aliphatic rings. The van der Waals surface area contributed by atoms with Gasteiger partial charge in [0.25, 0.3) is 5.22 Å². The van der Waals surface area contributed by atoms with Crippen molar-refractivity contribution in [3.05, 3.63) is 58.8 Å². The van der Waals surface area contributed by atoms with Crippen LogP contribution in [0.3, 0.4) is 0 Å². The Kier molecular flexibility index (Phi) is 10.9. The van der Waals surface area contributed by atoms with Gasteiger partial charge in [0.2, 0.25) is 16.9 Å². The first-order chi connectivity index (χ1) is 23.7. The molecule has 0 spiro atoms. The Morgan fingerprint density at radius 3 is 2.02 bits per heavy atom. The van der Waals surface area contributed by atoms with Gasteiger partial charge < -0.3 is 46.2 Å². The first-order valence-electron chi connectivity index (χ1n) is 14.4. The van der Waals surface area contributed by atoms with Crippen molar-refractivity contribution >= 4 is 32.8 Å².